The average molecular weight is 258 g/mol. The summed E-state index contributed by atoms with van der Waals surface area (Å²) in [6, 6.07) is 9.92. The average Bonchev–Trinajstić information content (AvgIpc) is 2.81. The van der Waals surface area contributed by atoms with Crippen molar-refractivity contribution in [2.45, 2.75) is 0 Å². The predicted molar refractivity (Wildman–Crippen MR) is 66.1 cm³/mol. The lowest BCUT2D eigenvalue weighted by Crippen LogP contribution is -1.87. The highest BCUT2D eigenvalue weighted by molar-refractivity contribution is 5.76. The van der Waals surface area contributed by atoms with Gasteiger partial charge in [-0.15, -0.1) is 0 Å². The van der Waals surface area contributed by atoms with Gasteiger partial charge >= 0.3 is 0 Å². The van der Waals surface area contributed by atoms with Crippen molar-refractivity contribution in [3.8, 4) is 11.5 Å². The number of fused-ring (bicyclic) bond motifs is 1. The van der Waals surface area contributed by atoms with Crippen LogP contribution in [0.2, 0.25) is 0 Å². The van der Waals surface area contributed by atoms with Gasteiger partial charge in [-0.3, -0.25) is 10.1 Å². The van der Waals surface area contributed by atoms with E-state index >= 15 is 0 Å². The van der Waals surface area contributed by atoms with E-state index in [1.165, 1.54) is 30.3 Å². The maximum atomic E-state index is 13.0. The fourth-order valence-electron chi connectivity index (χ4n) is 1.78. The molecule has 0 aliphatic carbocycles. The van der Waals surface area contributed by atoms with E-state index in [-0.39, 0.29) is 11.6 Å². The number of aromatic nitrogens is 1. The molecule has 2 aromatic carbocycles. The van der Waals surface area contributed by atoms with Crippen molar-refractivity contribution in [3.63, 3.8) is 0 Å². The smallest absolute Gasteiger partial charge is 0.270 e. The van der Waals surface area contributed by atoms with Gasteiger partial charge in [0, 0.05) is 23.8 Å². The molecular weight excluding hydrogens is 251 g/mol. The number of rotatable bonds is 2. The number of nitrogens with zero attached hydrogens (tertiary/aromatic N) is 2. The molecule has 1 heterocycles. The molecule has 3 rings (SSSR count). The van der Waals surface area contributed by atoms with E-state index in [0.29, 0.717) is 16.7 Å². The van der Waals surface area contributed by atoms with Gasteiger partial charge in [-0.1, -0.05) is 6.07 Å². The van der Waals surface area contributed by atoms with Crippen LogP contribution >= 0.6 is 0 Å². The highest BCUT2D eigenvalue weighted by Gasteiger charge is 2.12. The molecule has 0 radical (unpaired) electrons. The minimum absolute atomic E-state index is 0.0501. The summed E-state index contributed by atoms with van der Waals surface area (Å²) >= 11 is 0. The fraction of sp³-hybridized carbons (Fsp3) is 0. The number of nitro benzene ring substituents is 1. The zero-order valence-corrected chi connectivity index (χ0v) is 9.54. The Morgan fingerprint density at radius 2 is 2.05 bits per heavy atom. The van der Waals surface area contributed by atoms with E-state index in [9.17, 15) is 14.5 Å². The minimum atomic E-state index is -0.494. The van der Waals surface area contributed by atoms with Crippen LogP contribution < -0.4 is 0 Å². The van der Waals surface area contributed by atoms with Crippen molar-refractivity contribution in [2.24, 2.45) is 0 Å². The van der Waals surface area contributed by atoms with Crippen LogP contribution in [0.5, 0.6) is 0 Å². The number of benzene rings is 2. The maximum absolute atomic E-state index is 13.0. The topological polar surface area (TPSA) is 69.2 Å². The summed E-state index contributed by atoms with van der Waals surface area (Å²) in [5.74, 6) is -0.185. The first-order valence-electron chi connectivity index (χ1n) is 5.44. The molecular formula is C13H7FN2O3. The molecule has 19 heavy (non-hydrogen) atoms. The van der Waals surface area contributed by atoms with Crippen LogP contribution in [0, 0.1) is 15.9 Å². The minimum Gasteiger partial charge on any atom is -0.436 e. The van der Waals surface area contributed by atoms with Crippen LogP contribution in [-0.4, -0.2) is 9.91 Å². The van der Waals surface area contributed by atoms with Crippen molar-refractivity contribution < 1.29 is 13.7 Å². The molecule has 0 aliphatic rings. The van der Waals surface area contributed by atoms with Crippen molar-refractivity contribution in [1.29, 1.82) is 0 Å². The first-order valence-corrected chi connectivity index (χ1v) is 5.44. The lowest BCUT2D eigenvalue weighted by molar-refractivity contribution is -0.384. The first-order chi connectivity index (χ1) is 9.13. The SMILES string of the molecule is O=[N+]([O-])c1cccc(-c2nc3cc(F)ccc3o2)c1. The Morgan fingerprint density at radius 1 is 1.21 bits per heavy atom. The second-order valence-corrected chi connectivity index (χ2v) is 3.94. The van der Waals surface area contributed by atoms with Crippen LogP contribution in [0.3, 0.4) is 0 Å². The Morgan fingerprint density at radius 3 is 2.84 bits per heavy atom. The van der Waals surface area contributed by atoms with Crippen molar-refractivity contribution in [2.75, 3.05) is 0 Å². The monoisotopic (exact) mass is 258 g/mol. The summed E-state index contributed by atoms with van der Waals surface area (Å²) in [6.45, 7) is 0. The molecule has 0 atom stereocenters. The normalized spacial score (nSPS) is 10.8. The molecule has 5 nitrogen and oxygen atoms in total. The molecule has 0 aliphatic heterocycles. The first kappa shape index (κ1) is 11.3. The van der Waals surface area contributed by atoms with Gasteiger partial charge in [0.05, 0.1) is 4.92 Å². The molecule has 0 spiro atoms. The van der Waals surface area contributed by atoms with Crippen LogP contribution in [0.15, 0.2) is 46.9 Å². The van der Waals surface area contributed by atoms with Gasteiger partial charge in [-0.05, 0) is 18.2 Å². The van der Waals surface area contributed by atoms with Gasteiger partial charge in [0.2, 0.25) is 5.89 Å². The summed E-state index contributed by atoms with van der Waals surface area (Å²) in [5, 5.41) is 10.7. The third-order valence-corrected chi connectivity index (χ3v) is 2.65. The molecule has 0 saturated carbocycles. The van der Waals surface area contributed by atoms with Gasteiger partial charge in [0.25, 0.3) is 5.69 Å². The number of halogens is 1. The molecule has 0 fully saturated rings. The molecule has 3 aromatic rings. The summed E-state index contributed by atoms with van der Waals surface area (Å²) in [4.78, 5) is 14.3. The van der Waals surface area contributed by atoms with Gasteiger partial charge < -0.3 is 4.42 Å². The number of hydrogen-bond donors (Lipinski definition) is 0. The molecule has 0 unspecified atom stereocenters. The van der Waals surface area contributed by atoms with Crippen LogP contribution in [0.1, 0.15) is 0 Å². The molecule has 0 N–H and O–H groups in total. The fourth-order valence-corrected chi connectivity index (χ4v) is 1.78. The summed E-state index contributed by atoms with van der Waals surface area (Å²) in [6.07, 6.45) is 0. The van der Waals surface area contributed by atoms with Crippen LogP contribution in [0.4, 0.5) is 10.1 Å². The Kier molecular flexibility index (Phi) is 2.49. The van der Waals surface area contributed by atoms with Crippen molar-refractivity contribution in [1.82, 2.24) is 4.98 Å². The molecule has 6 heteroatoms. The molecule has 1 aromatic heterocycles. The number of oxazole rings is 1. The lowest BCUT2D eigenvalue weighted by Gasteiger charge is -1.94. The van der Waals surface area contributed by atoms with Gasteiger partial charge in [-0.25, -0.2) is 9.37 Å². The van der Waals surface area contributed by atoms with E-state index < -0.39 is 10.7 Å². The standard InChI is InChI=1S/C13H7FN2O3/c14-9-4-5-12-11(7-9)15-13(19-12)8-2-1-3-10(6-8)16(17)18/h1-7H. The van der Waals surface area contributed by atoms with Crippen LogP contribution in [-0.2, 0) is 0 Å². The number of nitro groups is 1. The quantitative estimate of drug-likeness (QED) is 0.520. The van der Waals surface area contributed by atoms with Gasteiger partial charge in [-0.2, -0.15) is 0 Å². The highest BCUT2D eigenvalue weighted by Crippen LogP contribution is 2.27. The van der Waals surface area contributed by atoms with Crippen molar-refractivity contribution in [3.05, 3.63) is 58.4 Å². The third-order valence-electron chi connectivity index (χ3n) is 2.65. The molecule has 0 saturated heterocycles. The number of hydrogen-bond acceptors (Lipinski definition) is 4. The van der Waals surface area contributed by atoms with Crippen LogP contribution in [0.25, 0.3) is 22.6 Å². The summed E-state index contributed by atoms with van der Waals surface area (Å²) in [7, 11) is 0. The Labute approximate surface area is 106 Å². The van der Waals surface area contributed by atoms with E-state index in [1.807, 2.05) is 0 Å². The second-order valence-electron chi connectivity index (χ2n) is 3.94. The zero-order chi connectivity index (χ0) is 13.4. The molecule has 0 bridgehead atoms. The highest BCUT2D eigenvalue weighted by atomic mass is 19.1. The zero-order valence-electron chi connectivity index (χ0n) is 9.54. The van der Waals surface area contributed by atoms with Gasteiger partial charge in [0.1, 0.15) is 11.3 Å². The van der Waals surface area contributed by atoms with E-state index in [0.717, 1.165) is 0 Å². The van der Waals surface area contributed by atoms with E-state index in [2.05, 4.69) is 4.98 Å². The molecule has 0 amide bonds. The lowest BCUT2D eigenvalue weighted by atomic mass is 10.2. The number of non-ortho nitro benzene ring substituents is 1. The third kappa shape index (κ3) is 2.03. The van der Waals surface area contributed by atoms with E-state index in [1.54, 1.807) is 12.1 Å². The Hall–Kier alpha value is -2.76. The summed E-state index contributed by atoms with van der Waals surface area (Å²) < 4.78 is 18.5. The summed E-state index contributed by atoms with van der Waals surface area (Å²) in [5.41, 5.74) is 1.24. The second kappa shape index (κ2) is 4.16. The molecule has 94 valence electrons. The largest absolute Gasteiger partial charge is 0.436 e. The Balaban J connectivity index is 2.13. The van der Waals surface area contributed by atoms with E-state index in [4.69, 9.17) is 4.42 Å². The van der Waals surface area contributed by atoms with Crippen molar-refractivity contribution >= 4 is 16.8 Å². The predicted octanol–water partition coefficient (Wildman–Crippen LogP) is 3.54. The maximum Gasteiger partial charge on any atom is 0.270 e. The Bertz CT molecular complexity index is 782. The van der Waals surface area contributed by atoms with Gasteiger partial charge in [0.15, 0.2) is 5.58 Å².